The third-order valence-corrected chi connectivity index (χ3v) is 2.89. The molecule has 0 spiro atoms. The van der Waals surface area contributed by atoms with Crippen molar-refractivity contribution < 1.29 is 9.53 Å². The molecule has 0 bridgehead atoms. The van der Waals surface area contributed by atoms with E-state index in [1.165, 1.54) is 7.11 Å². The molecule has 0 aliphatic carbocycles. The van der Waals surface area contributed by atoms with Crippen molar-refractivity contribution in [1.29, 1.82) is 0 Å². The average molecular weight is 219 g/mol. The third-order valence-electron chi connectivity index (χ3n) is 1.80. The Morgan fingerprint density at radius 2 is 2.07 bits per heavy atom. The zero-order chi connectivity index (χ0) is 11.2. The molecule has 0 rings (SSSR count). The Morgan fingerprint density at radius 1 is 1.50 bits per heavy atom. The largest absolute Gasteiger partial charge is 0.468 e. The summed E-state index contributed by atoms with van der Waals surface area (Å²) in [6.07, 6.45) is 1.13. The van der Waals surface area contributed by atoms with E-state index >= 15 is 0 Å². The molecule has 0 aliphatic heterocycles. The van der Waals surface area contributed by atoms with Gasteiger partial charge in [-0.15, -0.1) is 0 Å². The number of hydrogen-bond donors (Lipinski definition) is 1. The summed E-state index contributed by atoms with van der Waals surface area (Å²) in [5.74, 6) is 1.35. The minimum Gasteiger partial charge on any atom is -0.468 e. The number of hydrogen-bond acceptors (Lipinski definition) is 4. The highest BCUT2D eigenvalue weighted by Gasteiger charge is 2.14. The molecule has 14 heavy (non-hydrogen) atoms. The number of nitrogens with two attached hydrogens (primary N) is 1. The van der Waals surface area contributed by atoms with Gasteiger partial charge in [-0.25, -0.2) is 0 Å². The predicted octanol–water partition coefficient (Wildman–Crippen LogP) is 1.66. The quantitative estimate of drug-likeness (QED) is 0.564. The van der Waals surface area contributed by atoms with Crippen LogP contribution in [0.3, 0.4) is 0 Å². The first kappa shape index (κ1) is 13.8. The van der Waals surface area contributed by atoms with Crippen LogP contribution in [-0.2, 0) is 9.53 Å². The van der Waals surface area contributed by atoms with Crippen LogP contribution in [0, 0.1) is 5.41 Å². The molecule has 0 aromatic heterocycles. The van der Waals surface area contributed by atoms with Gasteiger partial charge >= 0.3 is 5.97 Å². The van der Waals surface area contributed by atoms with E-state index in [1.807, 2.05) is 0 Å². The lowest BCUT2D eigenvalue weighted by atomic mass is 9.94. The molecule has 0 aromatic rings. The predicted molar refractivity (Wildman–Crippen MR) is 61.4 cm³/mol. The van der Waals surface area contributed by atoms with E-state index in [4.69, 9.17) is 5.73 Å². The molecule has 0 radical (unpaired) electrons. The Morgan fingerprint density at radius 3 is 2.50 bits per heavy atom. The van der Waals surface area contributed by atoms with Gasteiger partial charge in [-0.3, -0.25) is 4.79 Å². The van der Waals surface area contributed by atoms with E-state index in [1.54, 1.807) is 11.8 Å². The van der Waals surface area contributed by atoms with Gasteiger partial charge in [-0.2, -0.15) is 11.8 Å². The van der Waals surface area contributed by atoms with Crippen LogP contribution in [-0.4, -0.2) is 30.6 Å². The van der Waals surface area contributed by atoms with Gasteiger partial charge in [-0.1, -0.05) is 20.8 Å². The van der Waals surface area contributed by atoms with E-state index < -0.39 is 6.04 Å². The fourth-order valence-corrected chi connectivity index (χ4v) is 2.12. The monoisotopic (exact) mass is 219 g/mol. The highest BCUT2D eigenvalue weighted by Crippen LogP contribution is 2.21. The fourth-order valence-electron chi connectivity index (χ4n) is 0.808. The molecule has 0 saturated carbocycles. The minimum atomic E-state index is -0.482. The van der Waals surface area contributed by atoms with E-state index in [0.717, 1.165) is 12.2 Å². The number of carbonyl (C=O) groups excluding carboxylic acids is 1. The molecule has 0 fully saturated rings. The molecule has 3 nitrogen and oxygen atoms in total. The van der Waals surface area contributed by atoms with E-state index in [9.17, 15) is 4.79 Å². The van der Waals surface area contributed by atoms with Crippen molar-refractivity contribution in [1.82, 2.24) is 0 Å². The second-order valence-corrected chi connectivity index (χ2v) is 5.67. The molecular formula is C10H21NO2S. The fraction of sp³-hybridized carbons (Fsp3) is 0.900. The van der Waals surface area contributed by atoms with Crippen LogP contribution >= 0.6 is 11.8 Å². The number of rotatable bonds is 5. The van der Waals surface area contributed by atoms with Gasteiger partial charge < -0.3 is 10.5 Å². The van der Waals surface area contributed by atoms with Crippen molar-refractivity contribution >= 4 is 17.7 Å². The van der Waals surface area contributed by atoms with Gasteiger partial charge in [0.25, 0.3) is 0 Å². The third kappa shape index (κ3) is 7.21. The van der Waals surface area contributed by atoms with Crippen molar-refractivity contribution in [3.8, 4) is 0 Å². The van der Waals surface area contributed by atoms with E-state index in [2.05, 4.69) is 25.5 Å². The van der Waals surface area contributed by atoms with E-state index in [-0.39, 0.29) is 5.97 Å². The van der Waals surface area contributed by atoms with Gasteiger partial charge in [0.1, 0.15) is 6.04 Å². The molecular weight excluding hydrogens is 198 g/mol. The Balaban J connectivity index is 3.50. The molecule has 1 atom stereocenters. The Hall–Kier alpha value is -0.220. The summed E-state index contributed by atoms with van der Waals surface area (Å²) in [6, 6.07) is -0.482. The van der Waals surface area contributed by atoms with Crippen LogP contribution < -0.4 is 5.73 Å². The summed E-state index contributed by atoms with van der Waals surface area (Å²) >= 11 is 1.71. The van der Waals surface area contributed by atoms with Crippen LogP contribution in [0.1, 0.15) is 27.2 Å². The number of ether oxygens (including phenoxy) is 1. The van der Waals surface area contributed by atoms with Crippen molar-refractivity contribution in [2.45, 2.75) is 33.2 Å². The van der Waals surface area contributed by atoms with Gasteiger partial charge in [0.2, 0.25) is 0 Å². The summed E-state index contributed by atoms with van der Waals surface area (Å²) in [7, 11) is 1.36. The zero-order valence-electron chi connectivity index (χ0n) is 9.50. The number of carbonyl (C=O) groups is 1. The van der Waals surface area contributed by atoms with Gasteiger partial charge in [0.15, 0.2) is 0 Å². The van der Waals surface area contributed by atoms with Crippen molar-refractivity contribution in [3.63, 3.8) is 0 Å². The lowest BCUT2D eigenvalue weighted by molar-refractivity contribution is -0.141. The SMILES string of the molecule is COC(=O)C(N)CSCCC(C)(C)C. The average Bonchev–Trinajstić information content (AvgIpc) is 2.09. The van der Waals surface area contributed by atoms with Crippen molar-refractivity contribution in [2.24, 2.45) is 11.1 Å². The van der Waals surface area contributed by atoms with Crippen LogP contribution in [0.25, 0.3) is 0 Å². The second-order valence-electron chi connectivity index (χ2n) is 4.52. The first-order valence-electron chi connectivity index (χ1n) is 4.78. The smallest absolute Gasteiger partial charge is 0.323 e. The molecule has 0 aliphatic rings. The molecule has 84 valence electrons. The Kier molecular flexibility index (Phi) is 6.20. The number of thioether (sulfide) groups is 1. The first-order chi connectivity index (χ1) is 6.37. The summed E-state index contributed by atoms with van der Waals surface area (Å²) in [5.41, 5.74) is 5.93. The summed E-state index contributed by atoms with van der Waals surface area (Å²) < 4.78 is 4.53. The van der Waals surface area contributed by atoms with Crippen molar-refractivity contribution in [2.75, 3.05) is 18.6 Å². The maximum atomic E-state index is 10.9. The molecule has 4 heteroatoms. The molecule has 0 heterocycles. The molecule has 2 N–H and O–H groups in total. The summed E-state index contributed by atoms with van der Waals surface area (Å²) in [6.45, 7) is 6.61. The van der Waals surface area contributed by atoms with Crippen molar-refractivity contribution in [3.05, 3.63) is 0 Å². The standard InChI is InChI=1S/C10H21NO2S/c1-10(2,3)5-6-14-7-8(11)9(12)13-4/h8H,5-7,11H2,1-4H3. The highest BCUT2D eigenvalue weighted by atomic mass is 32.2. The van der Waals surface area contributed by atoms with Crippen LogP contribution in [0.5, 0.6) is 0 Å². The first-order valence-corrected chi connectivity index (χ1v) is 5.93. The molecule has 0 saturated heterocycles. The Labute approximate surface area is 90.8 Å². The maximum absolute atomic E-state index is 10.9. The highest BCUT2D eigenvalue weighted by molar-refractivity contribution is 7.99. The topological polar surface area (TPSA) is 52.3 Å². The summed E-state index contributed by atoms with van der Waals surface area (Å²) in [4.78, 5) is 10.9. The molecule has 0 aromatic carbocycles. The molecule has 1 unspecified atom stereocenters. The number of esters is 1. The van der Waals surface area contributed by atoms with Crippen LogP contribution in [0.15, 0.2) is 0 Å². The summed E-state index contributed by atoms with van der Waals surface area (Å²) in [5, 5.41) is 0. The normalized spacial score (nSPS) is 13.8. The zero-order valence-corrected chi connectivity index (χ0v) is 10.3. The van der Waals surface area contributed by atoms with Crippen LogP contribution in [0.2, 0.25) is 0 Å². The lowest BCUT2D eigenvalue weighted by Gasteiger charge is -2.17. The number of methoxy groups -OCH3 is 1. The lowest BCUT2D eigenvalue weighted by Crippen LogP contribution is -2.34. The Bertz CT molecular complexity index is 177. The second kappa shape index (κ2) is 6.30. The van der Waals surface area contributed by atoms with Gasteiger partial charge in [-0.05, 0) is 17.6 Å². The van der Waals surface area contributed by atoms with Gasteiger partial charge in [0.05, 0.1) is 7.11 Å². The minimum absolute atomic E-state index is 0.326. The maximum Gasteiger partial charge on any atom is 0.323 e. The van der Waals surface area contributed by atoms with E-state index in [0.29, 0.717) is 11.2 Å². The van der Waals surface area contributed by atoms with Crippen LogP contribution in [0.4, 0.5) is 0 Å². The molecule has 0 amide bonds. The van der Waals surface area contributed by atoms with Gasteiger partial charge in [0, 0.05) is 5.75 Å².